The molecule has 0 radical (unpaired) electrons. The Kier molecular flexibility index (Phi) is 5.59. The fourth-order valence-electron chi connectivity index (χ4n) is 1.08. The van der Waals surface area contributed by atoms with Gasteiger partial charge in [0.05, 0.1) is 12.3 Å². The summed E-state index contributed by atoms with van der Waals surface area (Å²) in [5.74, 6) is 0. The summed E-state index contributed by atoms with van der Waals surface area (Å²) in [6.07, 6.45) is 3.47. The van der Waals surface area contributed by atoms with E-state index in [1.165, 1.54) is 0 Å². The van der Waals surface area contributed by atoms with E-state index in [9.17, 15) is 0 Å². The van der Waals surface area contributed by atoms with Crippen LogP contribution in [0.4, 0.5) is 0 Å². The van der Waals surface area contributed by atoms with E-state index in [1.807, 2.05) is 48.5 Å². The number of hydrogen-bond acceptors (Lipinski definition) is 2. The van der Waals surface area contributed by atoms with E-state index in [4.69, 9.17) is 5.11 Å². The lowest BCUT2D eigenvalue weighted by molar-refractivity contribution is 0.282. The Morgan fingerprint density at radius 3 is 2.12 bits per heavy atom. The number of rotatable bonds is 2. The summed E-state index contributed by atoms with van der Waals surface area (Å²) in [6.45, 7) is 3.71. The fraction of sp³-hybridized carbons (Fsp3) is 0.0714. The van der Waals surface area contributed by atoms with Crippen LogP contribution in [-0.2, 0) is 6.61 Å². The summed E-state index contributed by atoms with van der Waals surface area (Å²) in [5.41, 5.74) is 1.89. The summed E-state index contributed by atoms with van der Waals surface area (Å²) in [7, 11) is 0. The second-order valence-electron chi connectivity index (χ2n) is 3.10. The van der Waals surface area contributed by atoms with Gasteiger partial charge in [-0.05, 0) is 23.8 Å². The molecule has 0 spiro atoms. The van der Waals surface area contributed by atoms with Gasteiger partial charge in [-0.2, -0.15) is 0 Å². The molecule has 2 heteroatoms. The predicted molar refractivity (Wildman–Crippen MR) is 66.7 cm³/mol. The van der Waals surface area contributed by atoms with Crippen LogP contribution in [-0.4, -0.2) is 10.1 Å². The van der Waals surface area contributed by atoms with Crippen molar-refractivity contribution in [3.63, 3.8) is 0 Å². The molecule has 0 aliphatic heterocycles. The van der Waals surface area contributed by atoms with Gasteiger partial charge in [-0.3, -0.25) is 4.98 Å². The Bertz CT molecular complexity index is 398. The topological polar surface area (TPSA) is 33.1 Å². The first-order chi connectivity index (χ1) is 7.86. The van der Waals surface area contributed by atoms with E-state index in [2.05, 4.69) is 11.6 Å². The van der Waals surface area contributed by atoms with Gasteiger partial charge in [0.25, 0.3) is 0 Å². The molecule has 16 heavy (non-hydrogen) atoms. The number of pyridine rings is 1. The SMILES string of the molecule is C=Cc1ccccn1.OCc1ccccc1. The quantitative estimate of drug-likeness (QED) is 0.832. The van der Waals surface area contributed by atoms with Crippen molar-refractivity contribution in [2.45, 2.75) is 6.61 Å². The van der Waals surface area contributed by atoms with Gasteiger partial charge in [-0.15, -0.1) is 0 Å². The van der Waals surface area contributed by atoms with Crippen LogP contribution in [0.2, 0.25) is 0 Å². The number of aliphatic hydroxyl groups excluding tert-OH is 1. The van der Waals surface area contributed by atoms with Crippen LogP contribution < -0.4 is 0 Å². The lowest BCUT2D eigenvalue weighted by Crippen LogP contribution is -1.77. The fourth-order valence-corrected chi connectivity index (χ4v) is 1.08. The van der Waals surface area contributed by atoms with E-state index >= 15 is 0 Å². The maximum atomic E-state index is 8.54. The molecule has 0 aliphatic rings. The van der Waals surface area contributed by atoms with E-state index in [0.29, 0.717) is 0 Å². The molecule has 0 saturated heterocycles. The first-order valence-corrected chi connectivity index (χ1v) is 5.05. The Morgan fingerprint density at radius 2 is 1.75 bits per heavy atom. The van der Waals surface area contributed by atoms with Gasteiger partial charge in [0.1, 0.15) is 0 Å². The Balaban J connectivity index is 0.000000160. The van der Waals surface area contributed by atoms with Crippen molar-refractivity contribution in [2.24, 2.45) is 0 Å². The third-order valence-electron chi connectivity index (χ3n) is 1.92. The van der Waals surface area contributed by atoms with Crippen LogP contribution in [0.3, 0.4) is 0 Å². The Labute approximate surface area is 95.9 Å². The molecule has 2 rings (SSSR count). The van der Waals surface area contributed by atoms with E-state index in [0.717, 1.165) is 11.3 Å². The molecule has 0 bridgehead atoms. The Morgan fingerprint density at radius 1 is 1.06 bits per heavy atom. The summed E-state index contributed by atoms with van der Waals surface area (Å²) in [5, 5.41) is 8.54. The minimum Gasteiger partial charge on any atom is -0.392 e. The number of hydrogen-bond donors (Lipinski definition) is 1. The highest BCUT2D eigenvalue weighted by molar-refractivity contribution is 5.40. The highest BCUT2D eigenvalue weighted by atomic mass is 16.3. The van der Waals surface area contributed by atoms with Crippen molar-refractivity contribution < 1.29 is 5.11 Å². The van der Waals surface area contributed by atoms with Gasteiger partial charge >= 0.3 is 0 Å². The second kappa shape index (κ2) is 7.37. The lowest BCUT2D eigenvalue weighted by Gasteiger charge is -1.89. The van der Waals surface area contributed by atoms with Gasteiger partial charge in [0, 0.05) is 6.20 Å². The van der Waals surface area contributed by atoms with Crippen molar-refractivity contribution in [1.82, 2.24) is 4.98 Å². The van der Waals surface area contributed by atoms with Crippen molar-refractivity contribution in [2.75, 3.05) is 0 Å². The number of aliphatic hydroxyl groups is 1. The van der Waals surface area contributed by atoms with Crippen LogP contribution >= 0.6 is 0 Å². The first-order valence-electron chi connectivity index (χ1n) is 5.05. The first kappa shape index (κ1) is 12.1. The standard InChI is InChI=1S/C7H7N.C7H8O/c1-2-7-5-3-4-6-8-7;8-6-7-4-2-1-3-5-7/h2-6H,1H2;1-5,8H,6H2. The molecule has 0 amide bonds. The van der Waals surface area contributed by atoms with Gasteiger partial charge in [-0.1, -0.05) is 43.0 Å². The average molecular weight is 213 g/mol. The zero-order chi connectivity index (χ0) is 11.6. The zero-order valence-electron chi connectivity index (χ0n) is 9.08. The van der Waals surface area contributed by atoms with Gasteiger partial charge in [0.2, 0.25) is 0 Å². The van der Waals surface area contributed by atoms with Crippen molar-refractivity contribution in [3.8, 4) is 0 Å². The third kappa shape index (κ3) is 4.53. The summed E-state index contributed by atoms with van der Waals surface area (Å²) in [6, 6.07) is 15.3. The van der Waals surface area contributed by atoms with E-state index in [-0.39, 0.29) is 6.61 Å². The molecule has 0 fully saturated rings. The van der Waals surface area contributed by atoms with Crippen molar-refractivity contribution in [3.05, 3.63) is 72.6 Å². The molecule has 0 atom stereocenters. The molecular formula is C14H15NO. The monoisotopic (exact) mass is 213 g/mol. The number of nitrogens with zero attached hydrogens (tertiary/aromatic N) is 1. The molecule has 0 aliphatic carbocycles. The van der Waals surface area contributed by atoms with Crippen LogP contribution in [0.15, 0.2) is 61.3 Å². The molecule has 1 aromatic carbocycles. The lowest BCUT2D eigenvalue weighted by atomic mass is 10.2. The van der Waals surface area contributed by atoms with Crippen molar-refractivity contribution >= 4 is 6.08 Å². The maximum Gasteiger partial charge on any atom is 0.0681 e. The normalized spacial score (nSPS) is 8.81. The highest BCUT2D eigenvalue weighted by Crippen LogP contribution is 1.95. The molecule has 0 saturated carbocycles. The predicted octanol–water partition coefficient (Wildman–Crippen LogP) is 2.90. The largest absolute Gasteiger partial charge is 0.392 e. The van der Waals surface area contributed by atoms with Crippen LogP contribution in [0.1, 0.15) is 11.3 Å². The van der Waals surface area contributed by atoms with E-state index in [1.54, 1.807) is 12.3 Å². The van der Waals surface area contributed by atoms with Crippen LogP contribution in [0, 0.1) is 0 Å². The average Bonchev–Trinajstić information content (AvgIpc) is 2.41. The maximum absolute atomic E-state index is 8.54. The van der Waals surface area contributed by atoms with Crippen molar-refractivity contribution in [1.29, 1.82) is 0 Å². The number of aromatic nitrogens is 1. The summed E-state index contributed by atoms with van der Waals surface area (Å²) in [4.78, 5) is 3.98. The molecule has 0 unspecified atom stereocenters. The van der Waals surface area contributed by atoms with Crippen LogP contribution in [0.25, 0.3) is 6.08 Å². The zero-order valence-corrected chi connectivity index (χ0v) is 9.08. The third-order valence-corrected chi connectivity index (χ3v) is 1.92. The van der Waals surface area contributed by atoms with E-state index < -0.39 is 0 Å². The second-order valence-corrected chi connectivity index (χ2v) is 3.10. The minimum atomic E-state index is 0.140. The molecule has 1 N–H and O–H groups in total. The molecule has 1 aromatic heterocycles. The van der Waals surface area contributed by atoms with Gasteiger partial charge in [0.15, 0.2) is 0 Å². The molecule has 2 nitrogen and oxygen atoms in total. The minimum absolute atomic E-state index is 0.140. The summed E-state index contributed by atoms with van der Waals surface area (Å²) >= 11 is 0. The molecule has 1 heterocycles. The summed E-state index contributed by atoms with van der Waals surface area (Å²) < 4.78 is 0. The van der Waals surface area contributed by atoms with Gasteiger partial charge < -0.3 is 5.11 Å². The smallest absolute Gasteiger partial charge is 0.0681 e. The van der Waals surface area contributed by atoms with Gasteiger partial charge in [-0.25, -0.2) is 0 Å². The molecular weight excluding hydrogens is 198 g/mol. The molecule has 82 valence electrons. The van der Waals surface area contributed by atoms with Crippen LogP contribution in [0.5, 0.6) is 0 Å². The number of benzene rings is 1. The molecule has 2 aromatic rings. The highest BCUT2D eigenvalue weighted by Gasteiger charge is 1.81. The Hall–Kier alpha value is -1.93.